The lowest BCUT2D eigenvalue weighted by atomic mass is 10.0. The number of carboxylic acid groups (broad SMARTS) is 2. The minimum absolute atomic E-state index is 0.0901. The van der Waals surface area contributed by atoms with Gasteiger partial charge in [0.15, 0.2) is 0 Å². The minimum atomic E-state index is -1.61. The predicted molar refractivity (Wildman–Crippen MR) is 105 cm³/mol. The van der Waals surface area contributed by atoms with Crippen LogP contribution in [0.3, 0.4) is 0 Å². The van der Waals surface area contributed by atoms with E-state index in [4.69, 9.17) is 38.2 Å². The quantitative estimate of drug-likeness (QED) is 0.405. The highest BCUT2D eigenvalue weighted by Crippen LogP contribution is 2.27. The Bertz CT molecular complexity index is 942. The van der Waals surface area contributed by atoms with E-state index in [1.165, 1.54) is 48.5 Å². The molecular formula is C20H12Cl2O7. The molecule has 0 spiro atoms. The van der Waals surface area contributed by atoms with Crippen molar-refractivity contribution in [1.82, 2.24) is 0 Å². The molecule has 0 amide bonds. The first-order valence-electron chi connectivity index (χ1n) is 7.87. The molecule has 0 saturated heterocycles. The molecule has 2 aromatic carbocycles. The molecule has 29 heavy (non-hydrogen) atoms. The molecular weight excluding hydrogens is 423 g/mol. The van der Waals surface area contributed by atoms with Crippen molar-refractivity contribution in [3.63, 3.8) is 0 Å². The van der Waals surface area contributed by atoms with E-state index in [1.54, 1.807) is 12.1 Å². The molecule has 0 aromatic heterocycles. The molecule has 0 aliphatic rings. The largest absolute Gasteiger partial charge is 0.477 e. The molecule has 0 aliphatic carbocycles. The number of halogens is 2. The highest BCUT2D eigenvalue weighted by molar-refractivity contribution is 6.50. The van der Waals surface area contributed by atoms with E-state index in [0.717, 1.165) is 0 Å². The second-order valence-electron chi connectivity index (χ2n) is 5.40. The highest BCUT2D eigenvalue weighted by atomic mass is 35.5. The van der Waals surface area contributed by atoms with Crippen LogP contribution in [0.2, 0.25) is 0 Å². The number of aliphatic carboxylic acids is 2. The van der Waals surface area contributed by atoms with Gasteiger partial charge in [-0.3, -0.25) is 0 Å². The number of carboxylic acids is 2. The van der Waals surface area contributed by atoms with Gasteiger partial charge in [0.2, 0.25) is 0 Å². The smallest absolute Gasteiger partial charge is 0.348 e. The van der Waals surface area contributed by atoms with Crippen LogP contribution < -0.4 is 0 Å². The summed E-state index contributed by atoms with van der Waals surface area (Å²) in [6, 6.07) is 14.9. The normalized spacial score (nSPS) is 12.3. The average molecular weight is 435 g/mol. The summed E-state index contributed by atoms with van der Waals surface area (Å²) in [6.07, 6.45) is 0. The maximum atomic E-state index is 12.6. The monoisotopic (exact) mass is 434 g/mol. The first-order valence-corrected chi connectivity index (χ1v) is 8.63. The fourth-order valence-electron chi connectivity index (χ4n) is 2.28. The van der Waals surface area contributed by atoms with E-state index >= 15 is 0 Å². The summed E-state index contributed by atoms with van der Waals surface area (Å²) in [5, 5.41) is 16.6. The van der Waals surface area contributed by atoms with Gasteiger partial charge >= 0.3 is 23.9 Å². The first-order chi connectivity index (χ1) is 13.7. The fourth-order valence-corrected chi connectivity index (χ4v) is 2.65. The predicted octanol–water partition coefficient (Wildman–Crippen LogP) is 3.53. The number of ether oxygens (including phenoxy) is 1. The fraction of sp³-hybridized carbons (Fsp3) is 0. The van der Waals surface area contributed by atoms with Crippen LogP contribution in [0.1, 0.15) is 11.1 Å². The van der Waals surface area contributed by atoms with Gasteiger partial charge in [-0.15, -0.1) is 0 Å². The molecule has 2 aromatic rings. The number of hydrogen-bond acceptors (Lipinski definition) is 5. The standard InChI is InChI=1S/C20H12Cl2O7/c21-15(17(23)24)13(11-7-3-1-4-8-11)19(27)29-20(28)14(16(22)18(25)26)12-9-5-2-6-10-12/h1-10H,(H,23,24)(H,25,26)/b15-13+,16-14+. The number of carbonyl (C=O) groups is 4. The molecule has 0 bridgehead atoms. The lowest BCUT2D eigenvalue weighted by Crippen LogP contribution is -2.18. The van der Waals surface area contributed by atoms with Crippen molar-refractivity contribution in [2.45, 2.75) is 0 Å². The summed E-state index contributed by atoms with van der Waals surface area (Å²) in [5.74, 6) is -5.98. The third-order valence-electron chi connectivity index (χ3n) is 3.53. The molecule has 148 valence electrons. The van der Waals surface area contributed by atoms with Crippen LogP contribution in [-0.4, -0.2) is 34.1 Å². The van der Waals surface area contributed by atoms with Gasteiger partial charge in [0.25, 0.3) is 0 Å². The van der Waals surface area contributed by atoms with E-state index in [9.17, 15) is 19.2 Å². The SMILES string of the molecule is O=C(O)/C(Cl)=C(\C(=O)OC(=O)/C(=C(/Cl)C(=O)O)c1ccccc1)c1ccccc1. The molecule has 0 heterocycles. The topological polar surface area (TPSA) is 118 Å². The lowest BCUT2D eigenvalue weighted by molar-refractivity contribution is -0.151. The third kappa shape index (κ3) is 5.31. The van der Waals surface area contributed by atoms with Crippen molar-refractivity contribution in [2.75, 3.05) is 0 Å². The van der Waals surface area contributed by atoms with E-state index < -0.39 is 45.1 Å². The van der Waals surface area contributed by atoms with Crippen molar-refractivity contribution in [3.05, 3.63) is 81.9 Å². The molecule has 0 unspecified atom stereocenters. The highest BCUT2D eigenvalue weighted by Gasteiger charge is 2.29. The average Bonchev–Trinajstić information content (AvgIpc) is 2.69. The Balaban J connectivity index is 2.49. The number of hydrogen-bond donors (Lipinski definition) is 2. The molecule has 0 aliphatic heterocycles. The van der Waals surface area contributed by atoms with Crippen molar-refractivity contribution in [2.24, 2.45) is 0 Å². The summed E-state index contributed by atoms with van der Waals surface area (Å²) < 4.78 is 4.74. The van der Waals surface area contributed by atoms with Gasteiger partial charge in [-0.1, -0.05) is 83.9 Å². The third-order valence-corrected chi connectivity index (χ3v) is 4.23. The maximum absolute atomic E-state index is 12.6. The van der Waals surface area contributed by atoms with Crippen molar-refractivity contribution < 1.29 is 34.1 Å². The van der Waals surface area contributed by atoms with Crippen molar-refractivity contribution >= 4 is 58.2 Å². The van der Waals surface area contributed by atoms with Crippen molar-refractivity contribution in [3.8, 4) is 0 Å². The molecule has 2 rings (SSSR count). The Morgan fingerprint density at radius 3 is 1.21 bits per heavy atom. The van der Waals surface area contributed by atoms with Gasteiger partial charge in [-0.2, -0.15) is 0 Å². The zero-order valence-electron chi connectivity index (χ0n) is 14.5. The molecule has 0 fully saturated rings. The van der Waals surface area contributed by atoms with E-state index in [0.29, 0.717) is 0 Å². The summed E-state index contributed by atoms with van der Waals surface area (Å²) in [6.45, 7) is 0. The molecule has 0 radical (unpaired) electrons. The number of esters is 2. The molecule has 7 nitrogen and oxygen atoms in total. The van der Waals surface area contributed by atoms with Gasteiger partial charge in [0.05, 0.1) is 11.1 Å². The Morgan fingerprint density at radius 2 is 0.931 bits per heavy atom. The summed E-state index contributed by atoms with van der Waals surface area (Å²) >= 11 is 11.5. The summed E-state index contributed by atoms with van der Waals surface area (Å²) in [5.41, 5.74) is -0.974. The Labute approximate surface area is 174 Å². The van der Waals surface area contributed by atoms with Crippen LogP contribution >= 0.6 is 23.2 Å². The van der Waals surface area contributed by atoms with Gasteiger partial charge in [0.1, 0.15) is 10.1 Å². The summed E-state index contributed by atoms with van der Waals surface area (Å²) in [4.78, 5) is 47.7. The number of carbonyl (C=O) groups excluding carboxylic acids is 2. The maximum Gasteiger partial charge on any atom is 0.348 e. The molecule has 2 N–H and O–H groups in total. The second-order valence-corrected chi connectivity index (χ2v) is 6.15. The Morgan fingerprint density at radius 1 is 0.621 bits per heavy atom. The van der Waals surface area contributed by atoms with E-state index in [1.807, 2.05) is 0 Å². The van der Waals surface area contributed by atoms with Crippen LogP contribution in [-0.2, 0) is 23.9 Å². The Hall–Kier alpha value is -3.42. The second kappa shape index (κ2) is 9.68. The molecule has 0 atom stereocenters. The van der Waals surface area contributed by atoms with Crippen LogP contribution in [0.15, 0.2) is 70.7 Å². The van der Waals surface area contributed by atoms with Crippen LogP contribution in [0.4, 0.5) is 0 Å². The van der Waals surface area contributed by atoms with Gasteiger partial charge in [-0.05, 0) is 11.1 Å². The van der Waals surface area contributed by atoms with Crippen molar-refractivity contribution in [1.29, 1.82) is 0 Å². The first kappa shape index (κ1) is 21.9. The van der Waals surface area contributed by atoms with Crippen LogP contribution in [0.5, 0.6) is 0 Å². The zero-order valence-corrected chi connectivity index (χ0v) is 16.0. The minimum Gasteiger partial charge on any atom is -0.477 e. The van der Waals surface area contributed by atoms with E-state index in [-0.39, 0.29) is 11.1 Å². The van der Waals surface area contributed by atoms with Crippen LogP contribution in [0, 0.1) is 0 Å². The van der Waals surface area contributed by atoms with E-state index in [2.05, 4.69) is 0 Å². The zero-order chi connectivity index (χ0) is 21.6. The lowest BCUT2D eigenvalue weighted by Gasteiger charge is -2.11. The van der Waals surface area contributed by atoms with Gasteiger partial charge < -0.3 is 14.9 Å². The summed E-state index contributed by atoms with van der Waals surface area (Å²) in [7, 11) is 0. The molecule has 9 heteroatoms. The van der Waals surface area contributed by atoms with Crippen LogP contribution in [0.25, 0.3) is 11.1 Å². The van der Waals surface area contributed by atoms with Gasteiger partial charge in [0, 0.05) is 0 Å². The number of benzene rings is 2. The Kier molecular flexibility index (Phi) is 7.30. The van der Waals surface area contributed by atoms with Gasteiger partial charge in [-0.25, -0.2) is 19.2 Å². The molecule has 0 saturated carbocycles. The number of rotatable bonds is 6.